The van der Waals surface area contributed by atoms with Crippen LogP contribution in [0.15, 0.2) is 0 Å². The Hall–Kier alpha value is -0.610. The minimum atomic E-state index is -0.116. The van der Waals surface area contributed by atoms with Gasteiger partial charge in [-0.05, 0) is 19.3 Å². The van der Waals surface area contributed by atoms with Gasteiger partial charge in [-0.2, -0.15) is 0 Å². The zero-order chi connectivity index (χ0) is 12.8. The van der Waals surface area contributed by atoms with Crippen molar-refractivity contribution in [1.82, 2.24) is 5.32 Å². The van der Waals surface area contributed by atoms with Gasteiger partial charge < -0.3 is 15.8 Å². The average Bonchev–Trinajstić information content (AvgIpc) is 2.13. The quantitative estimate of drug-likeness (QED) is 0.722. The molecule has 96 valence electrons. The van der Waals surface area contributed by atoms with E-state index in [4.69, 9.17) is 10.5 Å². The van der Waals surface area contributed by atoms with Gasteiger partial charge in [0.25, 0.3) is 0 Å². The van der Waals surface area contributed by atoms with Gasteiger partial charge >= 0.3 is 0 Å². The number of nitrogens with one attached hydrogen (secondary N) is 1. The van der Waals surface area contributed by atoms with Crippen LogP contribution in [-0.2, 0) is 9.53 Å². The van der Waals surface area contributed by atoms with Crippen LogP contribution in [0, 0.1) is 5.41 Å². The van der Waals surface area contributed by atoms with Crippen molar-refractivity contribution in [3.05, 3.63) is 0 Å². The molecule has 0 saturated heterocycles. The van der Waals surface area contributed by atoms with E-state index in [0.717, 1.165) is 0 Å². The predicted octanol–water partition coefficient (Wildman–Crippen LogP) is 1.29. The summed E-state index contributed by atoms with van der Waals surface area (Å²) in [7, 11) is 0. The van der Waals surface area contributed by atoms with E-state index in [-0.39, 0.29) is 23.5 Å². The molecular formula is C12H26N2O2. The number of ether oxygens (including phenoxy) is 1. The smallest absolute Gasteiger partial charge is 0.221 e. The first-order chi connectivity index (χ1) is 7.27. The van der Waals surface area contributed by atoms with E-state index >= 15 is 0 Å². The lowest BCUT2D eigenvalue weighted by Crippen LogP contribution is -2.41. The Labute approximate surface area is 98.9 Å². The second kappa shape index (κ2) is 6.86. The fraction of sp³-hybridized carbons (Fsp3) is 0.917. The summed E-state index contributed by atoms with van der Waals surface area (Å²) in [6.07, 6.45) is 0.419. The van der Waals surface area contributed by atoms with E-state index < -0.39 is 0 Å². The molecule has 0 bridgehead atoms. The molecule has 2 unspecified atom stereocenters. The Kier molecular flexibility index (Phi) is 6.60. The van der Waals surface area contributed by atoms with Crippen LogP contribution in [0.5, 0.6) is 0 Å². The van der Waals surface area contributed by atoms with Crippen LogP contribution >= 0.6 is 0 Å². The SMILES string of the molecule is CCOC(C)CNC(=O)CC(N)C(C)(C)C. The molecule has 0 aromatic carbocycles. The Morgan fingerprint density at radius 2 is 2.00 bits per heavy atom. The number of amides is 1. The van der Waals surface area contributed by atoms with Crippen molar-refractivity contribution in [2.45, 2.75) is 53.2 Å². The summed E-state index contributed by atoms with van der Waals surface area (Å²) in [5, 5.41) is 2.83. The fourth-order valence-corrected chi connectivity index (χ4v) is 1.18. The molecule has 0 spiro atoms. The maximum Gasteiger partial charge on any atom is 0.221 e. The van der Waals surface area contributed by atoms with Gasteiger partial charge in [0.15, 0.2) is 0 Å². The molecule has 0 fully saturated rings. The van der Waals surface area contributed by atoms with E-state index in [2.05, 4.69) is 5.32 Å². The molecular weight excluding hydrogens is 204 g/mol. The molecule has 0 aromatic rings. The summed E-state index contributed by atoms with van der Waals surface area (Å²) in [5.74, 6) is -0.00558. The molecule has 2 atom stereocenters. The van der Waals surface area contributed by atoms with Crippen molar-refractivity contribution in [3.63, 3.8) is 0 Å². The van der Waals surface area contributed by atoms with Crippen molar-refractivity contribution in [3.8, 4) is 0 Å². The van der Waals surface area contributed by atoms with E-state index in [9.17, 15) is 4.79 Å². The zero-order valence-electron chi connectivity index (χ0n) is 11.2. The van der Waals surface area contributed by atoms with Crippen molar-refractivity contribution in [2.24, 2.45) is 11.1 Å². The summed E-state index contributed by atoms with van der Waals surface area (Å²) in [6, 6.07) is -0.116. The van der Waals surface area contributed by atoms with E-state index in [1.807, 2.05) is 34.6 Å². The van der Waals surface area contributed by atoms with Gasteiger partial charge in [-0.15, -0.1) is 0 Å². The molecule has 4 heteroatoms. The van der Waals surface area contributed by atoms with Crippen molar-refractivity contribution < 1.29 is 9.53 Å². The van der Waals surface area contributed by atoms with Gasteiger partial charge in [0.1, 0.15) is 0 Å². The number of hydrogen-bond donors (Lipinski definition) is 2. The fourth-order valence-electron chi connectivity index (χ4n) is 1.18. The highest BCUT2D eigenvalue weighted by molar-refractivity contribution is 5.76. The largest absolute Gasteiger partial charge is 0.377 e. The molecule has 16 heavy (non-hydrogen) atoms. The first-order valence-electron chi connectivity index (χ1n) is 5.91. The summed E-state index contributed by atoms with van der Waals surface area (Å²) in [5.41, 5.74) is 5.89. The lowest BCUT2D eigenvalue weighted by atomic mass is 9.85. The first-order valence-corrected chi connectivity index (χ1v) is 5.91. The second-order valence-electron chi connectivity index (χ2n) is 5.25. The molecule has 3 N–H and O–H groups in total. The number of rotatable bonds is 6. The van der Waals surface area contributed by atoms with Crippen LogP contribution in [0.4, 0.5) is 0 Å². The number of hydrogen-bond acceptors (Lipinski definition) is 3. The Balaban J connectivity index is 3.83. The highest BCUT2D eigenvalue weighted by Crippen LogP contribution is 2.19. The van der Waals surface area contributed by atoms with Crippen molar-refractivity contribution in [1.29, 1.82) is 0 Å². The third-order valence-electron chi connectivity index (χ3n) is 2.56. The highest BCUT2D eigenvalue weighted by Gasteiger charge is 2.23. The Morgan fingerprint density at radius 3 is 2.44 bits per heavy atom. The Morgan fingerprint density at radius 1 is 1.44 bits per heavy atom. The molecule has 0 rings (SSSR count). The molecule has 0 aliphatic heterocycles. The summed E-state index contributed by atoms with van der Waals surface area (Å²) in [6.45, 7) is 11.2. The van der Waals surface area contributed by atoms with Gasteiger partial charge in [0.05, 0.1) is 6.10 Å². The lowest BCUT2D eigenvalue weighted by molar-refractivity contribution is -0.122. The van der Waals surface area contributed by atoms with Crippen molar-refractivity contribution >= 4 is 5.91 Å². The van der Waals surface area contributed by atoms with Crippen LogP contribution in [0.3, 0.4) is 0 Å². The summed E-state index contributed by atoms with van der Waals surface area (Å²) in [4.78, 5) is 11.6. The zero-order valence-corrected chi connectivity index (χ0v) is 11.2. The number of nitrogens with two attached hydrogens (primary N) is 1. The monoisotopic (exact) mass is 230 g/mol. The first kappa shape index (κ1) is 15.4. The molecule has 0 radical (unpaired) electrons. The minimum Gasteiger partial charge on any atom is -0.377 e. The van der Waals surface area contributed by atoms with Crippen molar-refractivity contribution in [2.75, 3.05) is 13.2 Å². The van der Waals surface area contributed by atoms with E-state index in [1.54, 1.807) is 0 Å². The maximum atomic E-state index is 11.6. The highest BCUT2D eigenvalue weighted by atomic mass is 16.5. The number of carbonyl (C=O) groups excluding carboxylic acids is 1. The summed E-state index contributed by atoms with van der Waals surface area (Å²) >= 11 is 0. The van der Waals surface area contributed by atoms with Crippen LogP contribution in [0.2, 0.25) is 0 Å². The average molecular weight is 230 g/mol. The second-order valence-corrected chi connectivity index (χ2v) is 5.25. The molecule has 0 aliphatic rings. The number of carbonyl (C=O) groups is 1. The Bertz CT molecular complexity index is 212. The molecule has 4 nitrogen and oxygen atoms in total. The van der Waals surface area contributed by atoms with Gasteiger partial charge in [-0.3, -0.25) is 4.79 Å². The predicted molar refractivity (Wildman–Crippen MR) is 66.1 cm³/mol. The van der Waals surface area contributed by atoms with Gasteiger partial charge in [-0.1, -0.05) is 20.8 Å². The standard InChI is InChI=1S/C12H26N2O2/c1-6-16-9(2)8-14-11(15)7-10(13)12(3,4)5/h9-10H,6-8,13H2,1-5H3,(H,14,15). The third kappa shape index (κ3) is 6.80. The molecule has 0 heterocycles. The summed E-state index contributed by atoms with van der Waals surface area (Å²) < 4.78 is 5.32. The van der Waals surface area contributed by atoms with Gasteiger partial charge in [0, 0.05) is 25.6 Å². The maximum absolute atomic E-state index is 11.6. The van der Waals surface area contributed by atoms with Gasteiger partial charge in [0.2, 0.25) is 5.91 Å². The molecule has 1 amide bonds. The van der Waals surface area contributed by atoms with Crippen LogP contribution in [-0.4, -0.2) is 31.2 Å². The normalized spacial score (nSPS) is 15.6. The lowest BCUT2D eigenvalue weighted by Gasteiger charge is -2.26. The van der Waals surface area contributed by atoms with E-state index in [0.29, 0.717) is 19.6 Å². The minimum absolute atomic E-state index is 0.00558. The molecule has 0 saturated carbocycles. The topological polar surface area (TPSA) is 64.3 Å². The molecule has 0 aliphatic carbocycles. The van der Waals surface area contributed by atoms with E-state index in [1.165, 1.54) is 0 Å². The van der Waals surface area contributed by atoms with Crippen LogP contribution < -0.4 is 11.1 Å². The van der Waals surface area contributed by atoms with Crippen LogP contribution in [0.25, 0.3) is 0 Å². The third-order valence-corrected chi connectivity index (χ3v) is 2.56. The molecule has 0 aromatic heterocycles. The van der Waals surface area contributed by atoms with Gasteiger partial charge in [-0.25, -0.2) is 0 Å². The van der Waals surface area contributed by atoms with Crippen LogP contribution in [0.1, 0.15) is 41.0 Å².